The molecule has 0 radical (unpaired) electrons. The van der Waals surface area contributed by atoms with E-state index in [0.29, 0.717) is 5.56 Å². The molecule has 0 unspecified atom stereocenters. The summed E-state index contributed by atoms with van der Waals surface area (Å²) in [6.07, 6.45) is 0.969. The van der Waals surface area contributed by atoms with Crippen LogP contribution in [-0.4, -0.2) is 15.1 Å². The van der Waals surface area contributed by atoms with Gasteiger partial charge < -0.3 is 5.11 Å². The standard InChI is InChI=1S/C10H6ClFN2O/c11-10-13-5-7(12)9(14-10)6-3-1-2-4-8(6)15/h1-5,15H. The summed E-state index contributed by atoms with van der Waals surface area (Å²) in [6.45, 7) is 0. The molecule has 0 aliphatic rings. The van der Waals surface area contributed by atoms with Gasteiger partial charge in [0.1, 0.15) is 11.4 Å². The second-order valence-electron chi connectivity index (χ2n) is 2.85. The molecule has 0 amide bonds. The van der Waals surface area contributed by atoms with E-state index >= 15 is 0 Å². The molecule has 0 aliphatic carbocycles. The zero-order valence-corrected chi connectivity index (χ0v) is 8.24. The molecular formula is C10H6ClFN2O. The number of benzene rings is 1. The van der Waals surface area contributed by atoms with Crippen molar-refractivity contribution in [3.05, 3.63) is 41.6 Å². The Bertz CT molecular complexity index is 505. The number of para-hydroxylation sites is 1. The first-order valence-corrected chi connectivity index (χ1v) is 4.52. The Morgan fingerprint density at radius 3 is 2.73 bits per heavy atom. The molecule has 0 saturated heterocycles. The molecule has 1 heterocycles. The van der Waals surface area contributed by atoms with Crippen LogP contribution in [0.15, 0.2) is 30.5 Å². The SMILES string of the molecule is Oc1ccccc1-c1nc(Cl)ncc1F. The summed E-state index contributed by atoms with van der Waals surface area (Å²) in [5.74, 6) is -0.674. The van der Waals surface area contributed by atoms with E-state index in [1.54, 1.807) is 18.2 Å². The van der Waals surface area contributed by atoms with Crippen molar-refractivity contribution < 1.29 is 9.50 Å². The van der Waals surface area contributed by atoms with E-state index in [9.17, 15) is 9.50 Å². The van der Waals surface area contributed by atoms with Crippen molar-refractivity contribution in [3.63, 3.8) is 0 Å². The third-order valence-electron chi connectivity index (χ3n) is 1.87. The highest BCUT2D eigenvalue weighted by Crippen LogP contribution is 2.29. The third kappa shape index (κ3) is 1.89. The monoisotopic (exact) mass is 224 g/mol. The first-order valence-electron chi connectivity index (χ1n) is 4.15. The lowest BCUT2D eigenvalue weighted by molar-refractivity contribution is 0.476. The van der Waals surface area contributed by atoms with Gasteiger partial charge in [0.05, 0.1) is 6.20 Å². The molecule has 0 atom stereocenters. The van der Waals surface area contributed by atoms with Gasteiger partial charge in [-0.05, 0) is 23.7 Å². The van der Waals surface area contributed by atoms with Crippen molar-refractivity contribution in [1.29, 1.82) is 0 Å². The first-order chi connectivity index (χ1) is 7.18. The average molecular weight is 225 g/mol. The summed E-state index contributed by atoms with van der Waals surface area (Å²) in [6, 6.07) is 6.31. The van der Waals surface area contributed by atoms with E-state index in [1.807, 2.05) is 0 Å². The second kappa shape index (κ2) is 3.82. The molecule has 1 N–H and O–H groups in total. The molecule has 0 fully saturated rings. The topological polar surface area (TPSA) is 46.0 Å². The van der Waals surface area contributed by atoms with Crippen LogP contribution in [0.3, 0.4) is 0 Å². The Balaban J connectivity index is 2.64. The summed E-state index contributed by atoms with van der Waals surface area (Å²) in [7, 11) is 0. The molecule has 2 aromatic rings. The van der Waals surface area contributed by atoms with Crippen LogP contribution in [0.25, 0.3) is 11.3 Å². The van der Waals surface area contributed by atoms with Gasteiger partial charge in [-0.1, -0.05) is 12.1 Å². The zero-order chi connectivity index (χ0) is 10.8. The van der Waals surface area contributed by atoms with Gasteiger partial charge >= 0.3 is 0 Å². The number of halogens is 2. The van der Waals surface area contributed by atoms with Crippen LogP contribution in [0.1, 0.15) is 0 Å². The van der Waals surface area contributed by atoms with Crippen LogP contribution in [0.5, 0.6) is 5.75 Å². The molecule has 0 bridgehead atoms. The van der Waals surface area contributed by atoms with Crippen LogP contribution in [0.4, 0.5) is 4.39 Å². The molecule has 0 aliphatic heterocycles. The van der Waals surface area contributed by atoms with E-state index in [2.05, 4.69) is 9.97 Å². The van der Waals surface area contributed by atoms with Crippen LogP contribution in [-0.2, 0) is 0 Å². The Labute approximate surface area is 90.2 Å². The van der Waals surface area contributed by atoms with Gasteiger partial charge in [0.15, 0.2) is 5.82 Å². The maximum Gasteiger partial charge on any atom is 0.223 e. The minimum absolute atomic E-state index is 0.00639. The number of hydrogen-bond acceptors (Lipinski definition) is 3. The molecule has 0 spiro atoms. The minimum atomic E-state index is -0.624. The smallest absolute Gasteiger partial charge is 0.223 e. The molecule has 0 saturated carbocycles. The van der Waals surface area contributed by atoms with E-state index in [4.69, 9.17) is 11.6 Å². The molecule has 15 heavy (non-hydrogen) atoms. The van der Waals surface area contributed by atoms with Crippen LogP contribution in [0.2, 0.25) is 5.28 Å². The van der Waals surface area contributed by atoms with Crippen LogP contribution in [0, 0.1) is 5.82 Å². The molecule has 2 rings (SSSR count). The largest absolute Gasteiger partial charge is 0.507 e. The molecular weight excluding hydrogens is 219 g/mol. The second-order valence-corrected chi connectivity index (χ2v) is 3.19. The maximum absolute atomic E-state index is 13.3. The summed E-state index contributed by atoms with van der Waals surface area (Å²) >= 11 is 5.55. The lowest BCUT2D eigenvalue weighted by Crippen LogP contribution is -1.92. The number of nitrogens with zero attached hydrogens (tertiary/aromatic N) is 2. The van der Waals surface area contributed by atoms with E-state index in [-0.39, 0.29) is 16.7 Å². The Morgan fingerprint density at radius 1 is 1.27 bits per heavy atom. The third-order valence-corrected chi connectivity index (χ3v) is 2.06. The fourth-order valence-corrected chi connectivity index (χ4v) is 1.34. The molecule has 3 nitrogen and oxygen atoms in total. The van der Waals surface area contributed by atoms with Gasteiger partial charge in [-0.25, -0.2) is 14.4 Å². The number of rotatable bonds is 1. The van der Waals surface area contributed by atoms with Crippen LogP contribution < -0.4 is 0 Å². The predicted molar refractivity (Wildman–Crippen MR) is 54.1 cm³/mol. The quantitative estimate of drug-likeness (QED) is 0.758. The van der Waals surface area contributed by atoms with Gasteiger partial charge in [0.2, 0.25) is 5.28 Å². The first kappa shape index (κ1) is 9.86. The van der Waals surface area contributed by atoms with E-state index < -0.39 is 5.82 Å². The number of aromatic nitrogens is 2. The Hall–Kier alpha value is -1.68. The Kier molecular flexibility index (Phi) is 2.51. The van der Waals surface area contributed by atoms with Crippen molar-refractivity contribution >= 4 is 11.6 Å². The summed E-state index contributed by atoms with van der Waals surface area (Å²) in [5, 5.41) is 9.45. The van der Waals surface area contributed by atoms with Crippen LogP contribution >= 0.6 is 11.6 Å². The number of hydrogen-bond donors (Lipinski definition) is 1. The maximum atomic E-state index is 13.3. The van der Waals surface area contributed by atoms with Crippen molar-refractivity contribution in [2.75, 3.05) is 0 Å². The van der Waals surface area contributed by atoms with Crippen molar-refractivity contribution in [2.24, 2.45) is 0 Å². The van der Waals surface area contributed by atoms with E-state index in [1.165, 1.54) is 6.07 Å². The van der Waals surface area contributed by atoms with E-state index in [0.717, 1.165) is 6.20 Å². The highest BCUT2D eigenvalue weighted by molar-refractivity contribution is 6.28. The Morgan fingerprint density at radius 2 is 2.00 bits per heavy atom. The van der Waals surface area contributed by atoms with Crippen molar-refractivity contribution in [3.8, 4) is 17.0 Å². The highest BCUT2D eigenvalue weighted by Gasteiger charge is 2.11. The number of phenolic OH excluding ortho intramolecular Hbond substituents is 1. The van der Waals surface area contributed by atoms with Crippen molar-refractivity contribution in [2.45, 2.75) is 0 Å². The fraction of sp³-hybridized carbons (Fsp3) is 0. The summed E-state index contributed by atoms with van der Waals surface area (Å²) in [4.78, 5) is 7.22. The fourth-order valence-electron chi connectivity index (χ4n) is 1.21. The summed E-state index contributed by atoms with van der Waals surface area (Å²) in [5.41, 5.74) is 0.285. The van der Waals surface area contributed by atoms with Gasteiger partial charge in [0.25, 0.3) is 0 Å². The van der Waals surface area contributed by atoms with Gasteiger partial charge in [-0.2, -0.15) is 0 Å². The molecule has 76 valence electrons. The lowest BCUT2D eigenvalue weighted by atomic mass is 10.1. The summed E-state index contributed by atoms with van der Waals surface area (Å²) < 4.78 is 13.3. The molecule has 1 aromatic heterocycles. The lowest BCUT2D eigenvalue weighted by Gasteiger charge is -2.04. The number of phenols is 1. The van der Waals surface area contributed by atoms with Gasteiger partial charge in [-0.3, -0.25) is 0 Å². The van der Waals surface area contributed by atoms with Gasteiger partial charge in [-0.15, -0.1) is 0 Å². The highest BCUT2D eigenvalue weighted by atomic mass is 35.5. The normalized spacial score (nSPS) is 10.3. The average Bonchev–Trinajstić information content (AvgIpc) is 2.23. The number of aromatic hydroxyl groups is 1. The zero-order valence-electron chi connectivity index (χ0n) is 7.48. The predicted octanol–water partition coefficient (Wildman–Crippen LogP) is 2.64. The minimum Gasteiger partial charge on any atom is -0.507 e. The van der Waals surface area contributed by atoms with Crippen molar-refractivity contribution in [1.82, 2.24) is 9.97 Å². The molecule has 1 aromatic carbocycles. The molecule has 5 heteroatoms. The van der Waals surface area contributed by atoms with Gasteiger partial charge in [0, 0.05) is 5.56 Å².